The van der Waals surface area contributed by atoms with Crippen LogP contribution in [-0.4, -0.2) is 26.9 Å². The van der Waals surface area contributed by atoms with Crippen molar-refractivity contribution in [3.63, 3.8) is 0 Å². The molecule has 2 aromatic carbocycles. The minimum Gasteiger partial charge on any atom is -0.311 e. The summed E-state index contributed by atoms with van der Waals surface area (Å²) in [5.74, 6) is -1.32. The zero-order chi connectivity index (χ0) is 18.2. The molecular formula is C17H16F2N2O3S. The summed E-state index contributed by atoms with van der Waals surface area (Å²) in [6, 6.07) is 7.74. The third-order valence-electron chi connectivity index (χ3n) is 4.08. The minimum atomic E-state index is -3.94. The summed E-state index contributed by atoms with van der Waals surface area (Å²) >= 11 is 0. The first-order chi connectivity index (χ1) is 11.8. The monoisotopic (exact) mass is 366 g/mol. The average molecular weight is 366 g/mol. The van der Waals surface area contributed by atoms with Crippen LogP contribution >= 0.6 is 0 Å². The molecule has 2 aromatic rings. The van der Waals surface area contributed by atoms with Gasteiger partial charge in [0.05, 0.1) is 4.90 Å². The van der Waals surface area contributed by atoms with E-state index in [1.165, 1.54) is 17.0 Å². The molecule has 1 aliphatic heterocycles. The fourth-order valence-electron chi connectivity index (χ4n) is 2.71. The molecule has 0 radical (unpaired) electrons. The van der Waals surface area contributed by atoms with Crippen LogP contribution in [0, 0.1) is 18.6 Å². The van der Waals surface area contributed by atoms with E-state index in [-0.39, 0.29) is 17.1 Å². The van der Waals surface area contributed by atoms with Gasteiger partial charge in [0.1, 0.15) is 17.7 Å². The maximum Gasteiger partial charge on any atom is 0.245 e. The number of carbonyl (C=O) groups is 1. The quantitative estimate of drug-likeness (QED) is 0.903. The minimum absolute atomic E-state index is 0.113. The second-order valence-corrected chi connectivity index (χ2v) is 7.55. The molecule has 0 bridgehead atoms. The predicted octanol–water partition coefficient (Wildman–Crippen LogP) is 2.36. The SMILES string of the molecule is Cc1cc(N2CCC(NS(=O)(=O)c3ccc(F)cc3)C2=O)ccc1F. The summed E-state index contributed by atoms with van der Waals surface area (Å²) in [4.78, 5) is 13.8. The lowest BCUT2D eigenvalue weighted by Crippen LogP contribution is -2.41. The van der Waals surface area contributed by atoms with Crippen LogP contribution in [0.4, 0.5) is 14.5 Å². The molecule has 1 amide bonds. The van der Waals surface area contributed by atoms with E-state index in [1.807, 2.05) is 0 Å². The highest BCUT2D eigenvalue weighted by molar-refractivity contribution is 7.89. The van der Waals surface area contributed by atoms with Gasteiger partial charge in [-0.2, -0.15) is 4.72 Å². The Hall–Kier alpha value is -2.32. The Balaban J connectivity index is 1.77. The highest BCUT2D eigenvalue weighted by Crippen LogP contribution is 2.24. The van der Waals surface area contributed by atoms with Gasteiger partial charge in [0.15, 0.2) is 0 Å². The summed E-state index contributed by atoms with van der Waals surface area (Å²) in [7, 11) is -3.94. The lowest BCUT2D eigenvalue weighted by Gasteiger charge is -2.18. The lowest BCUT2D eigenvalue weighted by atomic mass is 10.2. The molecule has 1 saturated heterocycles. The Labute approximate surface area is 144 Å². The van der Waals surface area contributed by atoms with Gasteiger partial charge in [-0.25, -0.2) is 17.2 Å². The van der Waals surface area contributed by atoms with Crippen molar-refractivity contribution < 1.29 is 22.0 Å². The molecule has 1 aliphatic rings. The van der Waals surface area contributed by atoms with Gasteiger partial charge in [-0.1, -0.05) is 0 Å². The van der Waals surface area contributed by atoms with Gasteiger partial charge in [-0.3, -0.25) is 4.79 Å². The Kier molecular flexibility index (Phi) is 4.57. The van der Waals surface area contributed by atoms with Gasteiger partial charge in [0, 0.05) is 12.2 Å². The van der Waals surface area contributed by atoms with Crippen molar-refractivity contribution >= 4 is 21.6 Å². The van der Waals surface area contributed by atoms with Crippen LogP contribution < -0.4 is 9.62 Å². The third kappa shape index (κ3) is 3.54. The van der Waals surface area contributed by atoms with Crippen molar-refractivity contribution in [1.82, 2.24) is 4.72 Å². The molecule has 25 heavy (non-hydrogen) atoms. The molecule has 5 nitrogen and oxygen atoms in total. The predicted molar refractivity (Wildman–Crippen MR) is 88.6 cm³/mol. The molecule has 132 valence electrons. The number of halogens is 2. The smallest absolute Gasteiger partial charge is 0.245 e. The van der Waals surface area contributed by atoms with Crippen molar-refractivity contribution in [2.45, 2.75) is 24.3 Å². The van der Waals surface area contributed by atoms with Gasteiger partial charge in [-0.05, 0) is 61.4 Å². The molecule has 8 heteroatoms. The molecule has 0 aliphatic carbocycles. The number of nitrogens with one attached hydrogen (secondary N) is 1. The molecule has 1 unspecified atom stereocenters. The van der Waals surface area contributed by atoms with E-state index in [9.17, 15) is 22.0 Å². The number of sulfonamides is 1. The van der Waals surface area contributed by atoms with Gasteiger partial charge in [-0.15, -0.1) is 0 Å². The maximum atomic E-state index is 13.4. The van der Waals surface area contributed by atoms with Crippen LogP contribution in [0.3, 0.4) is 0 Å². The summed E-state index contributed by atoms with van der Waals surface area (Å²) in [6.07, 6.45) is 0.287. The van der Waals surface area contributed by atoms with E-state index in [2.05, 4.69) is 4.72 Å². The number of rotatable bonds is 4. The van der Waals surface area contributed by atoms with Crippen LogP contribution in [0.2, 0.25) is 0 Å². The normalized spacial score (nSPS) is 18.0. The summed E-state index contributed by atoms with van der Waals surface area (Å²) in [5.41, 5.74) is 0.924. The molecule has 1 N–H and O–H groups in total. The average Bonchev–Trinajstić information content (AvgIpc) is 2.91. The molecule has 1 atom stereocenters. The fourth-order valence-corrected chi connectivity index (χ4v) is 3.94. The molecule has 0 saturated carbocycles. The van der Waals surface area contributed by atoms with Crippen molar-refractivity contribution in [2.75, 3.05) is 11.4 Å². The van der Waals surface area contributed by atoms with E-state index in [1.54, 1.807) is 13.0 Å². The first kappa shape index (κ1) is 17.5. The largest absolute Gasteiger partial charge is 0.311 e. The number of amides is 1. The molecule has 0 spiro atoms. The first-order valence-corrected chi connectivity index (χ1v) is 9.12. The van der Waals surface area contributed by atoms with E-state index in [0.29, 0.717) is 17.8 Å². The van der Waals surface area contributed by atoms with Gasteiger partial charge in [0.25, 0.3) is 0 Å². The van der Waals surface area contributed by atoms with Crippen LogP contribution in [0.5, 0.6) is 0 Å². The fraction of sp³-hybridized carbons (Fsp3) is 0.235. The van der Waals surface area contributed by atoms with Gasteiger partial charge in [0.2, 0.25) is 15.9 Å². The molecule has 3 rings (SSSR count). The summed E-state index contributed by atoms with van der Waals surface area (Å²) in [5, 5.41) is 0. The summed E-state index contributed by atoms with van der Waals surface area (Å²) < 4.78 is 53.3. The third-order valence-corrected chi connectivity index (χ3v) is 5.57. The van der Waals surface area contributed by atoms with Crippen molar-refractivity contribution in [2.24, 2.45) is 0 Å². The van der Waals surface area contributed by atoms with E-state index in [0.717, 1.165) is 24.3 Å². The van der Waals surface area contributed by atoms with Crippen LogP contribution in [0.25, 0.3) is 0 Å². The number of carbonyl (C=O) groups excluding carboxylic acids is 1. The van der Waals surface area contributed by atoms with E-state index in [4.69, 9.17) is 0 Å². The van der Waals surface area contributed by atoms with Crippen molar-refractivity contribution in [3.8, 4) is 0 Å². The van der Waals surface area contributed by atoms with Crippen LogP contribution in [0.15, 0.2) is 47.4 Å². The van der Waals surface area contributed by atoms with Gasteiger partial charge >= 0.3 is 0 Å². The number of anilines is 1. The van der Waals surface area contributed by atoms with Crippen molar-refractivity contribution in [3.05, 3.63) is 59.7 Å². The lowest BCUT2D eigenvalue weighted by molar-refractivity contribution is -0.118. The first-order valence-electron chi connectivity index (χ1n) is 7.63. The summed E-state index contributed by atoms with van der Waals surface area (Å²) in [6.45, 7) is 1.91. The van der Waals surface area contributed by atoms with Crippen LogP contribution in [0.1, 0.15) is 12.0 Å². The molecule has 1 fully saturated rings. The van der Waals surface area contributed by atoms with E-state index < -0.39 is 27.8 Å². The Bertz CT molecular complexity index is 914. The highest BCUT2D eigenvalue weighted by Gasteiger charge is 2.35. The molecule has 1 heterocycles. The van der Waals surface area contributed by atoms with Gasteiger partial charge < -0.3 is 4.90 Å². The Morgan fingerprint density at radius 1 is 1.12 bits per heavy atom. The number of hydrogen-bond donors (Lipinski definition) is 1. The number of hydrogen-bond acceptors (Lipinski definition) is 3. The Morgan fingerprint density at radius 3 is 2.44 bits per heavy atom. The number of nitrogens with zero attached hydrogens (tertiary/aromatic N) is 1. The maximum absolute atomic E-state index is 13.4. The van der Waals surface area contributed by atoms with Crippen LogP contribution in [-0.2, 0) is 14.8 Å². The Morgan fingerprint density at radius 2 is 1.80 bits per heavy atom. The van der Waals surface area contributed by atoms with E-state index >= 15 is 0 Å². The topological polar surface area (TPSA) is 66.5 Å². The second kappa shape index (κ2) is 6.53. The molecular weight excluding hydrogens is 350 g/mol. The number of aryl methyl sites for hydroxylation is 1. The molecule has 0 aromatic heterocycles. The zero-order valence-corrected chi connectivity index (χ0v) is 14.2. The zero-order valence-electron chi connectivity index (χ0n) is 13.4. The number of benzene rings is 2. The standard InChI is InChI=1S/C17H16F2N2O3S/c1-11-10-13(4-7-15(11)19)21-9-8-16(17(21)22)20-25(23,24)14-5-2-12(18)3-6-14/h2-7,10,16,20H,8-9H2,1H3. The highest BCUT2D eigenvalue weighted by atomic mass is 32.2. The van der Waals surface area contributed by atoms with Crippen molar-refractivity contribution in [1.29, 1.82) is 0 Å². The second-order valence-electron chi connectivity index (χ2n) is 5.84.